The minimum Gasteiger partial charge on any atom is -0.369 e. The fraction of sp³-hybridized carbons (Fsp3) is 0.714. The molecule has 19 heavy (non-hydrogen) atoms. The van der Waals surface area contributed by atoms with Crippen molar-refractivity contribution in [1.29, 1.82) is 0 Å². The van der Waals surface area contributed by atoms with E-state index in [0.717, 1.165) is 37.7 Å². The van der Waals surface area contributed by atoms with Crippen molar-refractivity contribution >= 4 is 11.6 Å². The first-order chi connectivity index (χ1) is 9.29. The summed E-state index contributed by atoms with van der Waals surface area (Å²) in [5.41, 5.74) is 0. The molecule has 5 heteroatoms. The third kappa shape index (κ3) is 4.35. The van der Waals surface area contributed by atoms with Gasteiger partial charge in [-0.25, -0.2) is 4.98 Å². The lowest BCUT2D eigenvalue weighted by Crippen LogP contribution is -2.31. The number of aromatic nitrogens is 2. The smallest absolute Gasteiger partial charge is 0.149 e. The maximum absolute atomic E-state index is 4.59. The van der Waals surface area contributed by atoms with Crippen molar-refractivity contribution < 1.29 is 0 Å². The molecule has 0 aliphatic carbocycles. The summed E-state index contributed by atoms with van der Waals surface area (Å²) in [6.07, 6.45) is 7.41. The predicted molar refractivity (Wildman–Crippen MR) is 79.8 cm³/mol. The van der Waals surface area contributed by atoms with Crippen LogP contribution >= 0.6 is 0 Å². The van der Waals surface area contributed by atoms with E-state index in [1.54, 1.807) is 6.20 Å². The Bertz CT molecular complexity index is 376. The molecule has 1 N–H and O–H groups in total. The average Bonchev–Trinajstić information content (AvgIpc) is 2.96. The van der Waals surface area contributed by atoms with Gasteiger partial charge in [0.05, 0.1) is 12.4 Å². The van der Waals surface area contributed by atoms with Crippen molar-refractivity contribution in [1.82, 2.24) is 14.9 Å². The van der Waals surface area contributed by atoms with Crippen LogP contribution in [0.1, 0.15) is 26.2 Å². The van der Waals surface area contributed by atoms with E-state index < -0.39 is 0 Å². The van der Waals surface area contributed by atoms with E-state index >= 15 is 0 Å². The number of hydrogen-bond donors (Lipinski definition) is 1. The Morgan fingerprint density at radius 1 is 1.32 bits per heavy atom. The molecule has 0 atom stereocenters. The Labute approximate surface area is 116 Å². The maximum atomic E-state index is 4.59. The Hall–Kier alpha value is -1.36. The summed E-state index contributed by atoms with van der Waals surface area (Å²) in [5.74, 6) is 1.81. The molecule has 0 unspecified atom stereocenters. The molecule has 1 aliphatic heterocycles. The van der Waals surface area contributed by atoms with Gasteiger partial charge >= 0.3 is 0 Å². The monoisotopic (exact) mass is 263 g/mol. The van der Waals surface area contributed by atoms with Crippen LogP contribution in [0, 0.1) is 0 Å². The third-order valence-corrected chi connectivity index (χ3v) is 3.52. The molecule has 0 bridgehead atoms. The zero-order valence-corrected chi connectivity index (χ0v) is 12.1. The molecule has 106 valence electrons. The molecule has 2 rings (SSSR count). The summed E-state index contributed by atoms with van der Waals surface area (Å²) in [7, 11) is 2.09. The molecule has 0 aromatic carbocycles. The van der Waals surface area contributed by atoms with Crippen molar-refractivity contribution in [3.8, 4) is 0 Å². The minimum atomic E-state index is 0.868. The van der Waals surface area contributed by atoms with E-state index in [1.807, 2.05) is 6.20 Å². The molecule has 1 aliphatic rings. The Kier molecular flexibility index (Phi) is 5.39. The van der Waals surface area contributed by atoms with Gasteiger partial charge in [-0.1, -0.05) is 6.92 Å². The first kappa shape index (κ1) is 14.1. The van der Waals surface area contributed by atoms with Crippen molar-refractivity contribution in [2.24, 2.45) is 0 Å². The molecule has 0 saturated carbocycles. The lowest BCUT2D eigenvalue weighted by atomic mass is 10.4. The normalized spacial score (nSPS) is 15.7. The molecule has 0 radical (unpaired) electrons. The van der Waals surface area contributed by atoms with Gasteiger partial charge in [0.15, 0.2) is 0 Å². The zero-order valence-electron chi connectivity index (χ0n) is 12.1. The number of hydrogen-bond acceptors (Lipinski definition) is 5. The third-order valence-electron chi connectivity index (χ3n) is 3.52. The van der Waals surface area contributed by atoms with Crippen molar-refractivity contribution in [2.75, 3.05) is 50.0 Å². The summed E-state index contributed by atoms with van der Waals surface area (Å²) in [4.78, 5) is 13.5. The zero-order chi connectivity index (χ0) is 13.5. The van der Waals surface area contributed by atoms with Crippen LogP contribution in [0.25, 0.3) is 0 Å². The molecule has 2 heterocycles. The lowest BCUT2D eigenvalue weighted by molar-refractivity contribution is 0.346. The molecule has 0 amide bonds. The number of likely N-dealkylation sites (N-methyl/N-ethyl adjacent to an activating group) is 1. The summed E-state index contributed by atoms with van der Waals surface area (Å²) >= 11 is 0. The molecule has 1 fully saturated rings. The average molecular weight is 263 g/mol. The second-order valence-electron chi connectivity index (χ2n) is 5.16. The van der Waals surface area contributed by atoms with Gasteiger partial charge < -0.3 is 15.1 Å². The first-order valence-electron chi connectivity index (χ1n) is 7.29. The van der Waals surface area contributed by atoms with Crippen LogP contribution in [0.3, 0.4) is 0 Å². The van der Waals surface area contributed by atoms with Crippen molar-refractivity contribution in [3.63, 3.8) is 0 Å². The summed E-state index contributed by atoms with van der Waals surface area (Å²) < 4.78 is 0. The fourth-order valence-corrected chi connectivity index (χ4v) is 2.29. The lowest BCUT2D eigenvalue weighted by Gasteiger charge is -2.22. The van der Waals surface area contributed by atoms with E-state index in [1.165, 1.54) is 25.9 Å². The van der Waals surface area contributed by atoms with Gasteiger partial charge in [-0.15, -0.1) is 0 Å². The molecular weight excluding hydrogens is 238 g/mol. The van der Waals surface area contributed by atoms with Crippen molar-refractivity contribution in [2.45, 2.75) is 26.2 Å². The number of nitrogens with zero attached hydrogens (tertiary/aromatic N) is 4. The van der Waals surface area contributed by atoms with Gasteiger partial charge in [-0.2, -0.15) is 0 Å². The van der Waals surface area contributed by atoms with Crippen LogP contribution in [0.4, 0.5) is 11.6 Å². The molecular formula is C14H25N5. The number of rotatable bonds is 7. The van der Waals surface area contributed by atoms with Gasteiger partial charge in [0, 0.05) is 26.7 Å². The van der Waals surface area contributed by atoms with Gasteiger partial charge in [-0.05, 0) is 32.4 Å². The van der Waals surface area contributed by atoms with Crippen LogP contribution in [-0.2, 0) is 0 Å². The highest BCUT2D eigenvalue weighted by Gasteiger charge is 2.12. The molecule has 5 nitrogen and oxygen atoms in total. The van der Waals surface area contributed by atoms with Gasteiger partial charge in [-0.3, -0.25) is 4.98 Å². The van der Waals surface area contributed by atoms with Crippen LogP contribution in [0.2, 0.25) is 0 Å². The van der Waals surface area contributed by atoms with E-state index in [-0.39, 0.29) is 0 Å². The standard InChI is InChI=1S/C14H25N5/c1-3-6-16-13-11-15-12-14(17-13)18(2)9-10-19-7-4-5-8-19/h11-12H,3-10H2,1-2H3,(H,16,17). The number of likely N-dealkylation sites (tertiary alicyclic amines) is 1. The number of anilines is 2. The first-order valence-corrected chi connectivity index (χ1v) is 7.29. The van der Waals surface area contributed by atoms with Gasteiger partial charge in [0.25, 0.3) is 0 Å². The highest BCUT2D eigenvalue weighted by atomic mass is 15.2. The quantitative estimate of drug-likeness (QED) is 0.813. The molecule has 1 aromatic rings. The van der Waals surface area contributed by atoms with Crippen LogP contribution < -0.4 is 10.2 Å². The summed E-state index contributed by atoms with van der Waals surface area (Å²) in [6, 6.07) is 0. The summed E-state index contributed by atoms with van der Waals surface area (Å²) in [5, 5.41) is 3.28. The SMILES string of the molecule is CCCNc1cncc(N(C)CCN2CCCC2)n1. The Morgan fingerprint density at radius 3 is 2.84 bits per heavy atom. The maximum Gasteiger partial charge on any atom is 0.149 e. The van der Waals surface area contributed by atoms with Crippen LogP contribution in [0.15, 0.2) is 12.4 Å². The second kappa shape index (κ2) is 7.28. The van der Waals surface area contributed by atoms with E-state index in [9.17, 15) is 0 Å². The van der Waals surface area contributed by atoms with Gasteiger partial charge in [0.1, 0.15) is 11.6 Å². The molecule has 0 spiro atoms. The van der Waals surface area contributed by atoms with E-state index in [2.05, 4.69) is 39.1 Å². The van der Waals surface area contributed by atoms with Gasteiger partial charge in [0.2, 0.25) is 0 Å². The minimum absolute atomic E-state index is 0.868. The van der Waals surface area contributed by atoms with Crippen LogP contribution in [-0.4, -0.2) is 54.6 Å². The molecule has 1 saturated heterocycles. The van der Waals surface area contributed by atoms with E-state index in [0.29, 0.717) is 0 Å². The predicted octanol–water partition coefficient (Wildman–Crippen LogP) is 1.83. The highest BCUT2D eigenvalue weighted by molar-refractivity contribution is 5.43. The topological polar surface area (TPSA) is 44.3 Å². The number of nitrogens with one attached hydrogen (secondary N) is 1. The largest absolute Gasteiger partial charge is 0.369 e. The van der Waals surface area contributed by atoms with Crippen LogP contribution in [0.5, 0.6) is 0 Å². The highest BCUT2D eigenvalue weighted by Crippen LogP contribution is 2.12. The Balaban J connectivity index is 1.84. The Morgan fingerprint density at radius 2 is 2.11 bits per heavy atom. The fourth-order valence-electron chi connectivity index (χ4n) is 2.29. The van der Waals surface area contributed by atoms with E-state index in [4.69, 9.17) is 0 Å². The molecule has 1 aromatic heterocycles. The second-order valence-corrected chi connectivity index (χ2v) is 5.16. The summed E-state index contributed by atoms with van der Waals surface area (Å²) in [6.45, 7) is 7.70. The van der Waals surface area contributed by atoms with Crippen molar-refractivity contribution in [3.05, 3.63) is 12.4 Å².